The van der Waals surface area contributed by atoms with Crippen molar-refractivity contribution in [1.29, 1.82) is 0 Å². The lowest BCUT2D eigenvalue weighted by Crippen LogP contribution is -2.22. The van der Waals surface area contributed by atoms with Crippen LogP contribution in [0.2, 0.25) is 0 Å². The van der Waals surface area contributed by atoms with Gasteiger partial charge in [0.2, 0.25) is 0 Å². The molecule has 0 saturated heterocycles. The summed E-state index contributed by atoms with van der Waals surface area (Å²) in [5, 5.41) is 12.8. The van der Waals surface area contributed by atoms with Gasteiger partial charge in [-0.1, -0.05) is 18.2 Å². The van der Waals surface area contributed by atoms with Gasteiger partial charge in [0.1, 0.15) is 11.6 Å². The van der Waals surface area contributed by atoms with Gasteiger partial charge in [0.15, 0.2) is 0 Å². The molecular formula is C27H22N4O4. The number of nitro benzene ring substituents is 1. The second-order valence-electron chi connectivity index (χ2n) is 8.18. The molecule has 0 fully saturated rings. The third-order valence-electron chi connectivity index (χ3n) is 6.25. The Morgan fingerprint density at radius 2 is 1.80 bits per heavy atom. The second kappa shape index (κ2) is 8.57. The van der Waals surface area contributed by atoms with E-state index in [2.05, 4.69) is 4.57 Å². The van der Waals surface area contributed by atoms with Crippen LogP contribution in [0.5, 0.6) is 5.75 Å². The van der Waals surface area contributed by atoms with Crippen molar-refractivity contribution in [2.45, 2.75) is 6.92 Å². The molecule has 0 spiro atoms. The second-order valence-corrected chi connectivity index (χ2v) is 8.18. The number of non-ortho nitro benzene ring substituents is 1. The summed E-state index contributed by atoms with van der Waals surface area (Å²) in [5.74, 6) is 1.11. The molecule has 174 valence electrons. The zero-order chi connectivity index (χ0) is 24.7. The predicted octanol–water partition coefficient (Wildman–Crippen LogP) is 5.27. The molecule has 0 aliphatic rings. The van der Waals surface area contributed by atoms with Gasteiger partial charge < -0.3 is 9.30 Å². The molecule has 35 heavy (non-hydrogen) atoms. The summed E-state index contributed by atoms with van der Waals surface area (Å²) in [6.07, 6.45) is 3.69. The van der Waals surface area contributed by atoms with Crippen LogP contribution in [0.25, 0.3) is 39.6 Å². The fraction of sp³-hybridized carbons (Fsp3) is 0.111. The Kier molecular flexibility index (Phi) is 5.41. The molecule has 0 unspecified atom stereocenters. The molecule has 8 nitrogen and oxygen atoms in total. The van der Waals surface area contributed by atoms with Gasteiger partial charge >= 0.3 is 0 Å². The molecule has 0 radical (unpaired) electrons. The zero-order valence-corrected chi connectivity index (χ0v) is 19.4. The molecule has 0 N–H and O–H groups in total. The van der Waals surface area contributed by atoms with E-state index in [9.17, 15) is 14.9 Å². The average molecular weight is 466 g/mol. The number of methoxy groups -OCH3 is 1. The number of fused-ring (bicyclic) bond motifs is 2. The van der Waals surface area contributed by atoms with E-state index in [-0.39, 0.29) is 11.2 Å². The number of hydrogen-bond acceptors (Lipinski definition) is 5. The van der Waals surface area contributed by atoms with Gasteiger partial charge in [-0.25, -0.2) is 4.98 Å². The number of aromatic nitrogens is 3. The van der Waals surface area contributed by atoms with E-state index >= 15 is 0 Å². The van der Waals surface area contributed by atoms with Gasteiger partial charge in [0, 0.05) is 41.3 Å². The lowest BCUT2D eigenvalue weighted by atomic mass is 10.1. The van der Waals surface area contributed by atoms with E-state index in [0.717, 1.165) is 27.9 Å². The van der Waals surface area contributed by atoms with Gasteiger partial charge in [0.05, 0.1) is 28.6 Å². The van der Waals surface area contributed by atoms with Crippen molar-refractivity contribution in [2.75, 3.05) is 7.11 Å². The van der Waals surface area contributed by atoms with Crippen molar-refractivity contribution < 1.29 is 9.66 Å². The SMILES string of the molecule is COc1ccc2c(c1)c(/C=C/c1nc3ccccc3c(=O)n1-c1cccc([N+](=O)[O-])c1)c(C)n2C. The highest BCUT2D eigenvalue weighted by Gasteiger charge is 2.15. The Balaban J connectivity index is 1.75. The van der Waals surface area contributed by atoms with Crippen LogP contribution in [0.15, 0.2) is 71.5 Å². The average Bonchev–Trinajstić information content (AvgIpc) is 3.11. The van der Waals surface area contributed by atoms with Crippen molar-refractivity contribution in [3.05, 3.63) is 104 Å². The number of hydrogen-bond donors (Lipinski definition) is 0. The number of benzene rings is 3. The standard InChI is InChI=1S/C27H22N4O4/c1-17-21(23-16-20(35-3)11-13-25(23)29(17)2)12-14-26-28-24-10-5-4-9-22(24)27(32)30(26)18-7-6-8-19(15-18)31(33)34/h4-16H,1-3H3/b14-12+. The maximum absolute atomic E-state index is 13.5. The summed E-state index contributed by atoms with van der Waals surface area (Å²) in [6, 6.07) is 19.0. The van der Waals surface area contributed by atoms with Crippen LogP contribution < -0.4 is 10.3 Å². The normalized spacial score (nSPS) is 11.5. The Hall–Kier alpha value is -4.72. The first-order valence-electron chi connectivity index (χ1n) is 11.0. The van der Waals surface area contributed by atoms with Crippen LogP contribution in [0.3, 0.4) is 0 Å². The maximum Gasteiger partial charge on any atom is 0.271 e. The Bertz CT molecular complexity index is 1710. The Morgan fingerprint density at radius 1 is 1.00 bits per heavy atom. The molecule has 8 heteroatoms. The van der Waals surface area contributed by atoms with Gasteiger partial charge in [-0.3, -0.25) is 19.5 Å². The lowest BCUT2D eigenvalue weighted by molar-refractivity contribution is -0.384. The maximum atomic E-state index is 13.5. The van der Waals surface area contributed by atoms with Crippen molar-refractivity contribution >= 4 is 39.6 Å². The van der Waals surface area contributed by atoms with Gasteiger partial charge in [0.25, 0.3) is 11.2 Å². The summed E-state index contributed by atoms with van der Waals surface area (Å²) in [4.78, 5) is 29.1. The number of rotatable bonds is 5. The van der Waals surface area contributed by atoms with E-state index < -0.39 is 4.92 Å². The monoisotopic (exact) mass is 466 g/mol. The van der Waals surface area contributed by atoms with E-state index in [0.29, 0.717) is 22.4 Å². The fourth-order valence-corrected chi connectivity index (χ4v) is 4.33. The molecule has 3 aromatic carbocycles. The number of nitro groups is 1. The van der Waals surface area contributed by atoms with Crippen LogP contribution in [0.1, 0.15) is 17.1 Å². The zero-order valence-electron chi connectivity index (χ0n) is 19.4. The minimum Gasteiger partial charge on any atom is -0.497 e. The molecule has 0 aliphatic heterocycles. The van der Waals surface area contributed by atoms with E-state index in [1.165, 1.54) is 16.7 Å². The molecule has 0 atom stereocenters. The highest BCUT2D eigenvalue weighted by molar-refractivity contribution is 5.94. The minimum absolute atomic E-state index is 0.102. The van der Waals surface area contributed by atoms with Crippen LogP contribution in [-0.4, -0.2) is 26.2 Å². The van der Waals surface area contributed by atoms with Crippen molar-refractivity contribution in [3.8, 4) is 11.4 Å². The van der Waals surface area contributed by atoms with E-state index in [1.807, 2.05) is 44.3 Å². The third kappa shape index (κ3) is 3.74. The highest BCUT2D eigenvalue weighted by Crippen LogP contribution is 2.30. The number of para-hydroxylation sites is 1. The smallest absolute Gasteiger partial charge is 0.271 e. The van der Waals surface area contributed by atoms with Crippen molar-refractivity contribution in [1.82, 2.24) is 14.1 Å². The summed E-state index contributed by atoms with van der Waals surface area (Å²) < 4.78 is 8.92. The highest BCUT2D eigenvalue weighted by atomic mass is 16.6. The molecule has 5 rings (SSSR count). The third-order valence-corrected chi connectivity index (χ3v) is 6.25. The largest absolute Gasteiger partial charge is 0.497 e. The molecule has 0 amide bonds. The number of ether oxygens (including phenoxy) is 1. The van der Waals surface area contributed by atoms with Crippen LogP contribution >= 0.6 is 0 Å². The fourth-order valence-electron chi connectivity index (χ4n) is 4.33. The topological polar surface area (TPSA) is 92.2 Å². The summed E-state index contributed by atoms with van der Waals surface area (Å²) in [5.41, 5.74) is 3.57. The van der Waals surface area contributed by atoms with Crippen molar-refractivity contribution in [2.24, 2.45) is 7.05 Å². The Labute approximate surface area is 200 Å². The Morgan fingerprint density at radius 3 is 2.57 bits per heavy atom. The number of nitrogens with zero attached hydrogens (tertiary/aromatic N) is 4. The lowest BCUT2D eigenvalue weighted by Gasteiger charge is -2.11. The molecular weight excluding hydrogens is 444 g/mol. The first-order chi connectivity index (χ1) is 16.9. The van der Waals surface area contributed by atoms with Crippen LogP contribution in [0.4, 0.5) is 5.69 Å². The first-order valence-corrected chi connectivity index (χ1v) is 11.0. The molecule has 0 bridgehead atoms. The quantitative estimate of drug-likeness (QED) is 0.260. The van der Waals surface area contributed by atoms with E-state index in [1.54, 1.807) is 43.5 Å². The molecule has 0 aliphatic carbocycles. The van der Waals surface area contributed by atoms with Gasteiger partial charge in [-0.05, 0) is 55.5 Å². The minimum atomic E-state index is -0.481. The van der Waals surface area contributed by atoms with Crippen LogP contribution in [0, 0.1) is 17.0 Å². The first kappa shape index (κ1) is 22.1. The van der Waals surface area contributed by atoms with Gasteiger partial charge in [-0.15, -0.1) is 0 Å². The number of aryl methyl sites for hydroxylation is 1. The predicted molar refractivity (Wildman–Crippen MR) is 137 cm³/mol. The summed E-state index contributed by atoms with van der Waals surface area (Å²) in [6.45, 7) is 2.02. The molecule has 5 aromatic rings. The van der Waals surface area contributed by atoms with Crippen LogP contribution in [-0.2, 0) is 7.05 Å². The van der Waals surface area contributed by atoms with Crippen molar-refractivity contribution in [3.63, 3.8) is 0 Å². The molecule has 2 heterocycles. The molecule has 0 saturated carbocycles. The van der Waals surface area contributed by atoms with Gasteiger partial charge in [-0.2, -0.15) is 0 Å². The molecule has 2 aromatic heterocycles. The van der Waals surface area contributed by atoms with E-state index in [4.69, 9.17) is 9.72 Å². The summed E-state index contributed by atoms with van der Waals surface area (Å²) in [7, 11) is 3.62. The summed E-state index contributed by atoms with van der Waals surface area (Å²) >= 11 is 0.